The smallest absolute Gasteiger partial charge is 0.267 e. The van der Waals surface area contributed by atoms with Gasteiger partial charge in [-0.15, -0.1) is 0 Å². The maximum Gasteiger partial charge on any atom is 0.267 e. The van der Waals surface area contributed by atoms with Crippen LogP contribution in [0.25, 0.3) is 0 Å². The molecule has 0 aliphatic heterocycles. The predicted octanol–water partition coefficient (Wildman–Crippen LogP) is 3.16. The molecule has 1 amide bonds. The summed E-state index contributed by atoms with van der Waals surface area (Å²) in [5.41, 5.74) is 0.294. The maximum absolute atomic E-state index is 12.3. The fourth-order valence-electron chi connectivity index (χ4n) is 1.73. The van der Waals surface area contributed by atoms with Crippen molar-refractivity contribution < 1.29 is 13.2 Å². The zero-order valence-electron chi connectivity index (χ0n) is 13.1. The second kappa shape index (κ2) is 6.40. The van der Waals surface area contributed by atoms with Crippen molar-refractivity contribution in [2.45, 2.75) is 52.0 Å². The van der Waals surface area contributed by atoms with Gasteiger partial charge in [0.2, 0.25) is 0 Å². The van der Waals surface area contributed by atoms with Crippen LogP contribution in [-0.2, 0) is 9.05 Å². The molecule has 7 heteroatoms. The van der Waals surface area contributed by atoms with Crippen LogP contribution in [0.4, 0.5) is 0 Å². The highest BCUT2D eigenvalue weighted by molar-refractivity contribution is 8.13. The zero-order chi connectivity index (χ0) is 16.4. The number of aromatic nitrogens is 1. The van der Waals surface area contributed by atoms with Gasteiger partial charge in [-0.1, -0.05) is 20.8 Å². The van der Waals surface area contributed by atoms with Gasteiger partial charge in [-0.2, -0.15) is 0 Å². The minimum atomic E-state index is -3.85. The Morgan fingerprint density at radius 2 is 2.00 bits per heavy atom. The largest absolute Gasteiger partial charge is 0.350 e. The molecule has 0 atom stereocenters. The van der Waals surface area contributed by atoms with Crippen molar-refractivity contribution in [1.29, 1.82) is 0 Å². The van der Waals surface area contributed by atoms with E-state index < -0.39 is 9.05 Å². The number of rotatable bonds is 6. The van der Waals surface area contributed by atoms with E-state index in [1.807, 2.05) is 13.8 Å². The van der Waals surface area contributed by atoms with Crippen molar-refractivity contribution in [1.82, 2.24) is 9.88 Å². The first-order valence-electron chi connectivity index (χ1n) is 6.92. The summed E-state index contributed by atoms with van der Waals surface area (Å²) in [6.07, 6.45) is 2.33. The van der Waals surface area contributed by atoms with Crippen LogP contribution < -0.4 is 5.32 Å². The van der Waals surface area contributed by atoms with Crippen LogP contribution >= 0.6 is 10.7 Å². The molecule has 0 fully saturated rings. The van der Waals surface area contributed by atoms with Gasteiger partial charge in [-0.25, -0.2) is 8.42 Å². The topological polar surface area (TPSA) is 68.2 Å². The molecule has 1 rings (SSSR count). The fourth-order valence-corrected chi connectivity index (χ4v) is 2.48. The molecular weight excluding hydrogens is 312 g/mol. The first-order chi connectivity index (χ1) is 9.48. The molecule has 0 bridgehead atoms. The Labute approximate surface area is 131 Å². The lowest BCUT2D eigenvalue weighted by atomic mass is 9.90. The number of nitrogens with zero attached hydrogens (tertiary/aromatic N) is 1. The van der Waals surface area contributed by atoms with Crippen LogP contribution in [-0.4, -0.2) is 25.4 Å². The summed E-state index contributed by atoms with van der Waals surface area (Å²) >= 11 is 0. The maximum atomic E-state index is 12.3. The van der Waals surface area contributed by atoms with E-state index in [0.717, 1.165) is 6.42 Å². The van der Waals surface area contributed by atoms with Gasteiger partial charge >= 0.3 is 0 Å². The fraction of sp³-hybridized carbons (Fsp3) is 0.643. The lowest BCUT2D eigenvalue weighted by Gasteiger charge is -2.23. The minimum absolute atomic E-state index is 0.00763. The van der Waals surface area contributed by atoms with Gasteiger partial charge < -0.3 is 9.88 Å². The van der Waals surface area contributed by atoms with Crippen molar-refractivity contribution in [3.63, 3.8) is 0 Å². The van der Waals surface area contributed by atoms with Crippen molar-refractivity contribution in [3.8, 4) is 0 Å². The second-order valence-corrected chi connectivity index (χ2v) is 8.77. The third-order valence-corrected chi connectivity index (χ3v) is 4.90. The molecule has 21 heavy (non-hydrogen) atoms. The molecule has 0 unspecified atom stereocenters. The van der Waals surface area contributed by atoms with Crippen LogP contribution in [0.3, 0.4) is 0 Å². The highest BCUT2D eigenvalue weighted by Gasteiger charge is 2.23. The Morgan fingerprint density at radius 3 is 2.43 bits per heavy atom. The SMILES string of the molecule is CCC(C)(C)CNC(=O)c1cc(S(=O)(=O)Cl)cn1C(C)C. The molecule has 5 nitrogen and oxygen atoms in total. The van der Waals surface area contributed by atoms with E-state index >= 15 is 0 Å². The first kappa shape index (κ1) is 18.0. The van der Waals surface area contributed by atoms with Crippen molar-refractivity contribution in [2.24, 2.45) is 5.41 Å². The van der Waals surface area contributed by atoms with Crippen molar-refractivity contribution in [3.05, 3.63) is 18.0 Å². The summed E-state index contributed by atoms with van der Waals surface area (Å²) in [6, 6.07) is 1.27. The van der Waals surface area contributed by atoms with Gasteiger partial charge in [0, 0.05) is 29.5 Å². The average molecular weight is 335 g/mol. The number of carbonyl (C=O) groups excluding carboxylic acids is 1. The Morgan fingerprint density at radius 1 is 1.43 bits per heavy atom. The highest BCUT2D eigenvalue weighted by atomic mass is 35.7. The summed E-state index contributed by atoms with van der Waals surface area (Å²) in [7, 11) is 1.50. The second-order valence-electron chi connectivity index (χ2n) is 6.20. The minimum Gasteiger partial charge on any atom is -0.350 e. The Hall–Kier alpha value is -1.01. The van der Waals surface area contributed by atoms with Crippen LogP contribution in [0, 0.1) is 5.41 Å². The molecule has 1 N–H and O–H groups in total. The summed E-state index contributed by atoms with van der Waals surface area (Å²) in [6.45, 7) is 10.4. The van der Waals surface area contributed by atoms with Gasteiger partial charge in [-0.05, 0) is 31.7 Å². The Balaban J connectivity index is 3.06. The number of hydrogen-bond acceptors (Lipinski definition) is 3. The van der Waals surface area contributed by atoms with Gasteiger partial charge in [0.05, 0.1) is 0 Å². The molecule has 0 spiro atoms. The number of hydrogen-bond donors (Lipinski definition) is 1. The number of nitrogens with one attached hydrogen (secondary N) is 1. The zero-order valence-corrected chi connectivity index (χ0v) is 14.7. The molecular formula is C14H23ClN2O3S. The standard InChI is InChI=1S/C14H23ClN2O3S/c1-6-14(4,5)9-16-13(18)12-7-11(21(15,19)20)8-17(12)10(2)3/h7-8,10H,6,9H2,1-5H3,(H,16,18). The number of carbonyl (C=O) groups is 1. The van der Waals surface area contributed by atoms with E-state index in [1.165, 1.54) is 12.3 Å². The number of halogens is 1. The van der Waals surface area contributed by atoms with E-state index in [9.17, 15) is 13.2 Å². The molecule has 0 aliphatic rings. The quantitative estimate of drug-likeness (QED) is 0.812. The Kier molecular flexibility index (Phi) is 5.50. The summed E-state index contributed by atoms with van der Waals surface area (Å²) in [5, 5.41) is 2.85. The molecule has 1 heterocycles. The summed E-state index contributed by atoms with van der Waals surface area (Å²) in [4.78, 5) is 12.2. The predicted molar refractivity (Wildman–Crippen MR) is 84.3 cm³/mol. The van der Waals surface area contributed by atoms with Crippen molar-refractivity contribution >= 4 is 25.6 Å². The van der Waals surface area contributed by atoms with Crippen LogP contribution in [0.5, 0.6) is 0 Å². The van der Waals surface area contributed by atoms with E-state index in [4.69, 9.17) is 10.7 Å². The lowest BCUT2D eigenvalue weighted by Crippen LogP contribution is -2.34. The van der Waals surface area contributed by atoms with Crippen LogP contribution in [0.2, 0.25) is 0 Å². The van der Waals surface area contributed by atoms with Crippen LogP contribution in [0.1, 0.15) is 57.6 Å². The van der Waals surface area contributed by atoms with E-state index in [-0.39, 0.29) is 22.3 Å². The van der Waals surface area contributed by atoms with E-state index in [0.29, 0.717) is 12.2 Å². The molecule has 1 aromatic rings. The first-order valence-corrected chi connectivity index (χ1v) is 9.23. The van der Waals surface area contributed by atoms with E-state index in [1.54, 1.807) is 4.57 Å². The average Bonchev–Trinajstić information content (AvgIpc) is 2.81. The van der Waals surface area contributed by atoms with Gasteiger partial charge in [-0.3, -0.25) is 4.79 Å². The van der Waals surface area contributed by atoms with Gasteiger partial charge in [0.25, 0.3) is 15.0 Å². The lowest BCUT2D eigenvalue weighted by molar-refractivity contribution is 0.0925. The summed E-state index contributed by atoms with van der Waals surface area (Å²) in [5.74, 6) is -0.295. The molecule has 0 radical (unpaired) electrons. The molecule has 120 valence electrons. The molecule has 0 saturated heterocycles. The normalized spacial score (nSPS) is 12.7. The monoisotopic (exact) mass is 334 g/mol. The van der Waals surface area contributed by atoms with Crippen molar-refractivity contribution in [2.75, 3.05) is 6.54 Å². The molecule has 1 aromatic heterocycles. The highest BCUT2D eigenvalue weighted by Crippen LogP contribution is 2.23. The third kappa shape index (κ3) is 4.74. The van der Waals surface area contributed by atoms with Crippen LogP contribution in [0.15, 0.2) is 17.2 Å². The molecule has 0 aromatic carbocycles. The van der Waals surface area contributed by atoms with Gasteiger partial charge in [0.1, 0.15) is 10.6 Å². The molecule has 0 saturated carbocycles. The number of amides is 1. The van der Waals surface area contributed by atoms with Gasteiger partial charge in [0.15, 0.2) is 0 Å². The molecule has 0 aliphatic carbocycles. The van der Waals surface area contributed by atoms with E-state index in [2.05, 4.69) is 26.1 Å². The third-order valence-electron chi connectivity index (χ3n) is 3.58. The summed E-state index contributed by atoms with van der Waals surface area (Å²) < 4.78 is 24.5. The Bertz CT molecular complexity index is 618.